The number of rotatable bonds is 3. The number of benzene rings is 1. The van der Waals surface area contributed by atoms with E-state index >= 15 is 0 Å². The largest absolute Gasteiger partial charge is 0.412 e. The molecule has 0 aromatic heterocycles. The first-order chi connectivity index (χ1) is 4.93. The molecular weight excluding hydrogens is 136 g/mol. The van der Waals surface area contributed by atoms with Crippen molar-refractivity contribution in [1.29, 1.82) is 0 Å². The molecule has 1 rings (SSSR count). The van der Waals surface area contributed by atoms with Gasteiger partial charge in [-0.3, -0.25) is 0 Å². The highest BCUT2D eigenvalue weighted by Crippen LogP contribution is 2.02. The molecule has 0 aliphatic carbocycles. The topological polar surface area (TPSA) is 31.5 Å². The molecule has 0 bridgehead atoms. The van der Waals surface area contributed by atoms with E-state index in [0.717, 1.165) is 0 Å². The summed E-state index contributed by atoms with van der Waals surface area (Å²) in [4.78, 5) is 0. The third-order valence-corrected chi connectivity index (χ3v) is 1.61. The molecule has 0 aliphatic rings. The number of aryl methyl sites for hydroxylation is 1. The minimum atomic E-state index is 0. The van der Waals surface area contributed by atoms with Gasteiger partial charge in [0.1, 0.15) is 0 Å². The van der Waals surface area contributed by atoms with Crippen molar-refractivity contribution in [3.8, 4) is 0 Å². The zero-order valence-electron chi connectivity index (χ0n) is 6.93. The second-order valence-corrected chi connectivity index (χ2v) is 2.51. The van der Waals surface area contributed by atoms with Crippen molar-refractivity contribution < 1.29 is 5.48 Å². The molecule has 0 amide bonds. The molecule has 0 spiro atoms. The van der Waals surface area contributed by atoms with E-state index in [4.69, 9.17) is 0 Å². The van der Waals surface area contributed by atoms with Crippen molar-refractivity contribution in [1.82, 2.24) is 0 Å². The third-order valence-electron chi connectivity index (χ3n) is 1.61. The molecule has 0 heterocycles. The molecular formula is C10H15O. The van der Waals surface area contributed by atoms with Gasteiger partial charge in [0.15, 0.2) is 0 Å². The van der Waals surface area contributed by atoms with Gasteiger partial charge in [0.25, 0.3) is 0 Å². The van der Waals surface area contributed by atoms with Gasteiger partial charge in [-0.25, -0.2) is 0 Å². The maximum Gasteiger partial charge on any atom is -0.0184 e. The van der Waals surface area contributed by atoms with Gasteiger partial charge in [0.2, 0.25) is 0 Å². The summed E-state index contributed by atoms with van der Waals surface area (Å²) in [6.07, 6.45) is 3.79. The maximum atomic E-state index is 3.01. The normalized spacial score (nSPS) is 8.82. The Kier molecular flexibility index (Phi) is 5.49. The van der Waals surface area contributed by atoms with Crippen LogP contribution in [0.15, 0.2) is 24.3 Å². The van der Waals surface area contributed by atoms with Gasteiger partial charge in [-0.1, -0.05) is 37.6 Å². The van der Waals surface area contributed by atoms with Crippen LogP contribution in [0.1, 0.15) is 25.3 Å². The van der Waals surface area contributed by atoms with E-state index in [9.17, 15) is 0 Å². The molecule has 0 saturated heterocycles. The van der Waals surface area contributed by atoms with Gasteiger partial charge in [-0.15, -0.1) is 0 Å². The molecule has 0 fully saturated rings. The van der Waals surface area contributed by atoms with E-state index < -0.39 is 0 Å². The Morgan fingerprint density at radius 3 is 2.45 bits per heavy atom. The first kappa shape index (κ1) is 10.2. The summed E-state index contributed by atoms with van der Waals surface area (Å²) in [5, 5.41) is 0. The SMILES string of the molecule is CCCCc1cc[c]cc1.O. The predicted octanol–water partition coefficient (Wildman–Crippen LogP) is 2.00. The molecule has 1 heteroatoms. The summed E-state index contributed by atoms with van der Waals surface area (Å²) in [5.41, 5.74) is 1.43. The van der Waals surface area contributed by atoms with Crippen LogP contribution in [0.25, 0.3) is 0 Å². The molecule has 0 aliphatic heterocycles. The minimum absolute atomic E-state index is 0. The van der Waals surface area contributed by atoms with E-state index in [1.807, 2.05) is 12.1 Å². The van der Waals surface area contributed by atoms with Crippen LogP contribution in [0.4, 0.5) is 0 Å². The molecule has 11 heavy (non-hydrogen) atoms. The number of unbranched alkanes of at least 4 members (excludes halogenated alkanes) is 1. The highest BCUT2D eigenvalue weighted by Gasteiger charge is 1.87. The van der Waals surface area contributed by atoms with Crippen LogP contribution in [0.5, 0.6) is 0 Å². The standard InChI is InChI=1S/C10H13.H2O/c1-2-3-7-10-8-5-4-6-9-10;/h5-6,8-9H,2-3,7H2,1H3;1H2. The Hall–Kier alpha value is -0.820. The van der Waals surface area contributed by atoms with Crippen LogP contribution >= 0.6 is 0 Å². The molecule has 1 radical (unpaired) electrons. The zero-order valence-corrected chi connectivity index (χ0v) is 6.93. The Balaban J connectivity index is 0.000001000. The molecule has 0 unspecified atom stereocenters. The van der Waals surface area contributed by atoms with E-state index in [0.29, 0.717) is 0 Å². The Morgan fingerprint density at radius 1 is 1.27 bits per heavy atom. The van der Waals surface area contributed by atoms with Crippen LogP contribution in [-0.2, 0) is 6.42 Å². The summed E-state index contributed by atoms with van der Waals surface area (Å²) >= 11 is 0. The predicted molar refractivity (Wildman–Crippen MR) is 47.5 cm³/mol. The molecule has 1 aromatic rings. The number of hydrogen-bond donors (Lipinski definition) is 0. The zero-order chi connectivity index (χ0) is 7.23. The minimum Gasteiger partial charge on any atom is -0.412 e. The molecule has 1 nitrogen and oxygen atoms in total. The Bertz CT molecular complexity index is 169. The van der Waals surface area contributed by atoms with Gasteiger partial charge >= 0.3 is 0 Å². The van der Waals surface area contributed by atoms with E-state index in [2.05, 4.69) is 25.1 Å². The van der Waals surface area contributed by atoms with Crippen molar-refractivity contribution >= 4 is 0 Å². The molecule has 0 saturated carbocycles. The van der Waals surface area contributed by atoms with Crippen molar-refractivity contribution in [2.24, 2.45) is 0 Å². The smallest absolute Gasteiger partial charge is 0.0184 e. The molecule has 1 aromatic carbocycles. The van der Waals surface area contributed by atoms with Gasteiger partial charge in [-0.2, -0.15) is 0 Å². The summed E-state index contributed by atoms with van der Waals surface area (Å²) in [7, 11) is 0. The van der Waals surface area contributed by atoms with Crippen LogP contribution in [0, 0.1) is 6.07 Å². The molecule has 2 N–H and O–H groups in total. The molecule has 61 valence electrons. The van der Waals surface area contributed by atoms with Crippen molar-refractivity contribution in [3.63, 3.8) is 0 Å². The Labute approximate surface area is 68.4 Å². The van der Waals surface area contributed by atoms with Crippen LogP contribution in [0.3, 0.4) is 0 Å². The number of hydrogen-bond acceptors (Lipinski definition) is 0. The van der Waals surface area contributed by atoms with Gasteiger partial charge in [0, 0.05) is 0 Å². The lowest BCUT2D eigenvalue weighted by Gasteiger charge is -1.96. The average molecular weight is 151 g/mol. The summed E-state index contributed by atoms with van der Waals surface area (Å²) < 4.78 is 0. The third kappa shape index (κ3) is 3.79. The van der Waals surface area contributed by atoms with Crippen molar-refractivity contribution in [3.05, 3.63) is 35.9 Å². The fourth-order valence-electron chi connectivity index (χ4n) is 0.969. The van der Waals surface area contributed by atoms with Crippen LogP contribution < -0.4 is 0 Å². The monoisotopic (exact) mass is 151 g/mol. The highest BCUT2D eigenvalue weighted by atomic mass is 16.0. The Morgan fingerprint density at radius 2 is 1.91 bits per heavy atom. The van der Waals surface area contributed by atoms with Gasteiger partial charge < -0.3 is 5.48 Å². The molecule has 0 atom stereocenters. The fraction of sp³-hybridized carbons (Fsp3) is 0.400. The lowest BCUT2D eigenvalue weighted by Crippen LogP contribution is -1.81. The van der Waals surface area contributed by atoms with Gasteiger partial charge in [-0.05, 0) is 24.5 Å². The lowest BCUT2D eigenvalue weighted by molar-refractivity contribution is 0.795. The maximum absolute atomic E-state index is 3.01. The van der Waals surface area contributed by atoms with E-state index in [1.54, 1.807) is 0 Å². The highest BCUT2D eigenvalue weighted by molar-refractivity contribution is 5.13. The van der Waals surface area contributed by atoms with Crippen molar-refractivity contribution in [2.75, 3.05) is 0 Å². The lowest BCUT2D eigenvalue weighted by atomic mass is 10.1. The first-order valence-corrected chi connectivity index (χ1v) is 3.88. The fourth-order valence-corrected chi connectivity index (χ4v) is 0.969. The van der Waals surface area contributed by atoms with Crippen molar-refractivity contribution in [2.45, 2.75) is 26.2 Å². The van der Waals surface area contributed by atoms with E-state index in [-0.39, 0.29) is 5.48 Å². The quantitative estimate of drug-likeness (QED) is 0.633. The van der Waals surface area contributed by atoms with E-state index in [1.165, 1.54) is 24.8 Å². The first-order valence-electron chi connectivity index (χ1n) is 3.88. The average Bonchev–Trinajstić information content (AvgIpc) is 2.03. The summed E-state index contributed by atoms with van der Waals surface area (Å²) in [5.74, 6) is 0. The second-order valence-electron chi connectivity index (χ2n) is 2.51. The second kappa shape index (κ2) is 5.93. The summed E-state index contributed by atoms with van der Waals surface area (Å²) in [6.45, 7) is 2.22. The van der Waals surface area contributed by atoms with Gasteiger partial charge in [0.05, 0.1) is 0 Å². The summed E-state index contributed by atoms with van der Waals surface area (Å²) in [6, 6.07) is 11.2. The van der Waals surface area contributed by atoms with Crippen LogP contribution in [-0.4, -0.2) is 5.48 Å². The van der Waals surface area contributed by atoms with Crippen LogP contribution in [0.2, 0.25) is 0 Å².